The lowest BCUT2D eigenvalue weighted by atomic mass is 10.2. The minimum absolute atomic E-state index is 0.173. The zero-order chi connectivity index (χ0) is 18.4. The second-order valence-corrected chi connectivity index (χ2v) is 5.53. The van der Waals surface area contributed by atoms with Crippen LogP contribution in [0, 0.1) is 0 Å². The number of carbonyl (C=O) groups excluding carboxylic acids is 2. The smallest absolute Gasteiger partial charge is 0.266 e. The van der Waals surface area contributed by atoms with Gasteiger partial charge in [-0.3, -0.25) is 14.6 Å². The number of benzene rings is 1. The number of aryl methyl sites for hydroxylation is 1. The Morgan fingerprint density at radius 1 is 1.04 bits per heavy atom. The number of rotatable bonds is 6. The number of amides is 2. The molecule has 0 radical (unpaired) electrons. The molecule has 0 unspecified atom stereocenters. The lowest BCUT2D eigenvalue weighted by Gasteiger charge is -2.07. The van der Waals surface area contributed by atoms with Crippen LogP contribution in [0.3, 0.4) is 0 Å². The molecule has 0 atom stereocenters. The molecule has 26 heavy (non-hydrogen) atoms. The van der Waals surface area contributed by atoms with E-state index in [4.69, 9.17) is 4.42 Å². The summed E-state index contributed by atoms with van der Waals surface area (Å²) in [6.45, 7) is 1.43. The molecule has 0 aliphatic rings. The molecule has 0 aliphatic carbocycles. The van der Waals surface area contributed by atoms with Gasteiger partial charge in [0.15, 0.2) is 0 Å². The van der Waals surface area contributed by atoms with Gasteiger partial charge in [-0.2, -0.15) is 0 Å². The Hall–Kier alpha value is -3.55. The molecular formula is C18H17N5O3. The summed E-state index contributed by atoms with van der Waals surface area (Å²) in [6.07, 6.45) is 2.15. The molecule has 0 fully saturated rings. The fraction of sp³-hybridized carbons (Fsp3) is 0.167. The van der Waals surface area contributed by atoms with Crippen molar-refractivity contribution in [3.05, 3.63) is 54.6 Å². The summed E-state index contributed by atoms with van der Waals surface area (Å²) >= 11 is 0. The fourth-order valence-corrected chi connectivity index (χ4v) is 2.27. The number of hydrogen-bond donors (Lipinski definition) is 2. The van der Waals surface area contributed by atoms with E-state index in [0.29, 0.717) is 35.3 Å². The first kappa shape index (κ1) is 17.3. The maximum Gasteiger partial charge on any atom is 0.266 e. The fourth-order valence-electron chi connectivity index (χ4n) is 2.27. The van der Waals surface area contributed by atoms with Crippen molar-refractivity contribution in [2.45, 2.75) is 19.8 Å². The van der Waals surface area contributed by atoms with Crippen LogP contribution in [0.4, 0.5) is 11.4 Å². The molecule has 2 heterocycles. The van der Waals surface area contributed by atoms with Crippen molar-refractivity contribution < 1.29 is 14.0 Å². The van der Waals surface area contributed by atoms with Gasteiger partial charge in [0.25, 0.3) is 5.89 Å². The Labute approximate surface area is 149 Å². The third-order valence-corrected chi connectivity index (χ3v) is 3.38. The van der Waals surface area contributed by atoms with Crippen LogP contribution in [0.25, 0.3) is 11.6 Å². The minimum Gasteiger partial charge on any atom is -0.419 e. The number of anilines is 2. The second-order valence-electron chi connectivity index (χ2n) is 5.53. The number of nitrogens with one attached hydrogen (secondary N) is 2. The highest BCUT2D eigenvalue weighted by molar-refractivity contribution is 5.93. The van der Waals surface area contributed by atoms with Crippen LogP contribution >= 0.6 is 0 Å². The maximum atomic E-state index is 12.1. The van der Waals surface area contributed by atoms with Gasteiger partial charge < -0.3 is 15.1 Å². The molecule has 2 N–H and O–H groups in total. The van der Waals surface area contributed by atoms with Gasteiger partial charge in [-0.05, 0) is 30.3 Å². The van der Waals surface area contributed by atoms with Crippen LogP contribution in [0.15, 0.2) is 53.1 Å². The molecule has 0 spiro atoms. The zero-order valence-electron chi connectivity index (χ0n) is 14.1. The van der Waals surface area contributed by atoms with E-state index in [2.05, 4.69) is 25.8 Å². The van der Waals surface area contributed by atoms with Crippen molar-refractivity contribution in [1.29, 1.82) is 0 Å². The predicted molar refractivity (Wildman–Crippen MR) is 95.2 cm³/mol. The SMILES string of the molecule is CC(=O)Nc1cccc(NC(=O)CCc2nnc(-c3ccccn3)o2)c1. The van der Waals surface area contributed by atoms with Crippen molar-refractivity contribution in [3.8, 4) is 11.6 Å². The topological polar surface area (TPSA) is 110 Å². The van der Waals surface area contributed by atoms with Gasteiger partial charge in [0.1, 0.15) is 5.69 Å². The van der Waals surface area contributed by atoms with Gasteiger partial charge in [-0.1, -0.05) is 12.1 Å². The molecule has 1 aromatic carbocycles. The third kappa shape index (κ3) is 4.73. The second kappa shape index (κ2) is 8.02. The first-order valence-electron chi connectivity index (χ1n) is 8.01. The number of hydrogen-bond acceptors (Lipinski definition) is 6. The Bertz CT molecular complexity index is 908. The van der Waals surface area contributed by atoms with Crippen molar-refractivity contribution in [2.24, 2.45) is 0 Å². The predicted octanol–water partition coefficient (Wildman–Crippen LogP) is 2.66. The number of nitrogens with zero attached hydrogens (tertiary/aromatic N) is 3. The summed E-state index contributed by atoms with van der Waals surface area (Å²) < 4.78 is 5.52. The van der Waals surface area contributed by atoms with Crippen LogP contribution in [0.2, 0.25) is 0 Å². The first-order chi connectivity index (χ1) is 12.6. The Morgan fingerprint density at radius 2 is 1.85 bits per heavy atom. The van der Waals surface area contributed by atoms with Crippen molar-refractivity contribution in [1.82, 2.24) is 15.2 Å². The highest BCUT2D eigenvalue weighted by Crippen LogP contribution is 2.17. The Balaban J connectivity index is 1.55. The normalized spacial score (nSPS) is 10.3. The van der Waals surface area contributed by atoms with E-state index < -0.39 is 0 Å². The average molecular weight is 351 g/mol. The average Bonchev–Trinajstić information content (AvgIpc) is 3.09. The number of aromatic nitrogens is 3. The molecular weight excluding hydrogens is 334 g/mol. The van der Waals surface area contributed by atoms with E-state index in [0.717, 1.165) is 0 Å². The third-order valence-electron chi connectivity index (χ3n) is 3.38. The van der Waals surface area contributed by atoms with Crippen molar-refractivity contribution >= 4 is 23.2 Å². The molecule has 2 amide bonds. The highest BCUT2D eigenvalue weighted by Gasteiger charge is 2.11. The van der Waals surface area contributed by atoms with Crippen LogP contribution in [-0.2, 0) is 16.0 Å². The van der Waals surface area contributed by atoms with Crippen LogP contribution in [0.1, 0.15) is 19.2 Å². The molecule has 3 aromatic rings. The molecule has 2 aromatic heterocycles. The molecule has 0 saturated carbocycles. The molecule has 3 rings (SSSR count). The quantitative estimate of drug-likeness (QED) is 0.706. The molecule has 0 bridgehead atoms. The van der Waals surface area contributed by atoms with E-state index in [9.17, 15) is 9.59 Å². The standard InChI is InChI=1S/C18H17N5O3/c1-12(24)20-13-5-4-6-14(11-13)21-16(25)8-9-17-22-23-18(26-17)15-7-2-3-10-19-15/h2-7,10-11H,8-9H2,1H3,(H,20,24)(H,21,25). The maximum absolute atomic E-state index is 12.1. The molecule has 132 valence electrons. The van der Waals surface area contributed by atoms with E-state index in [1.807, 2.05) is 6.07 Å². The van der Waals surface area contributed by atoms with Gasteiger partial charge >= 0.3 is 0 Å². The van der Waals surface area contributed by atoms with Crippen LogP contribution in [-0.4, -0.2) is 27.0 Å². The largest absolute Gasteiger partial charge is 0.419 e. The van der Waals surface area contributed by atoms with E-state index in [-0.39, 0.29) is 18.2 Å². The molecule has 0 saturated heterocycles. The van der Waals surface area contributed by atoms with Gasteiger partial charge in [-0.25, -0.2) is 0 Å². The highest BCUT2D eigenvalue weighted by atomic mass is 16.4. The molecule has 8 heteroatoms. The summed E-state index contributed by atoms with van der Waals surface area (Å²) in [7, 11) is 0. The summed E-state index contributed by atoms with van der Waals surface area (Å²) in [5.74, 6) is 0.327. The van der Waals surface area contributed by atoms with E-state index in [1.54, 1.807) is 42.6 Å². The van der Waals surface area contributed by atoms with Crippen molar-refractivity contribution in [2.75, 3.05) is 10.6 Å². The summed E-state index contributed by atoms with van der Waals surface area (Å²) in [5, 5.41) is 13.3. The molecule has 0 aliphatic heterocycles. The molecule has 8 nitrogen and oxygen atoms in total. The first-order valence-corrected chi connectivity index (χ1v) is 8.01. The lowest BCUT2D eigenvalue weighted by Crippen LogP contribution is -2.13. The summed E-state index contributed by atoms with van der Waals surface area (Å²) in [6, 6.07) is 12.3. The van der Waals surface area contributed by atoms with Crippen LogP contribution in [0.5, 0.6) is 0 Å². The lowest BCUT2D eigenvalue weighted by molar-refractivity contribution is -0.116. The van der Waals surface area contributed by atoms with Gasteiger partial charge in [0.2, 0.25) is 17.7 Å². The minimum atomic E-state index is -0.192. The van der Waals surface area contributed by atoms with Crippen molar-refractivity contribution in [3.63, 3.8) is 0 Å². The summed E-state index contributed by atoms with van der Waals surface area (Å²) in [4.78, 5) is 27.3. The Kier molecular flexibility index (Phi) is 5.33. The van der Waals surface area contributed by atoms with Gasteiger partial charge in [0.05, 0.1) is 0 Å². The Morgan fingerprint density at radius 3 is 2.58 bits per heavy atom. The van der Waals surface area contributed by atoms with Crippen LogP contribution < -0.4 is 10.6 Å². The van der Waals surface area contributed by atoms with E-state index in [1.165, 1.54) is 6.92 Å². The number of carbonyl (C=O) groups is 2. The van der Waals surface area contributed by atoms with Gasteiger partial charge in [0, 0.05) is 37.3 Å². The van der Waals surface area contributed by atoms with E-state index >= 15 is 0 Å². The number of pyridine rings is 1. The zero-order valence-corrected chi connectivity index (χ0v) is 14.1. The monoisotopic (exact) mass is 351 g/mol. The summed E-state index contributed by atoms with van der Waals surface area (Å²) in [5.41, 5.74) is 1.80. The van der Waals surface area contributed by atoms with Gasteiger partial charge in [-0.15, -0.1) is 10.2 Å².